The number of hydrogen-bond donors (Lipinski definition) is 1. The Morgan fingerprint density at radius 3 is 2.57 bits per heavy atom. The highest BCUT2D eigenvalue weighted by Gasteiger charge is 2.15. The van der Waals surface area contributed by atoms with E-state index in [1.165, 1.54) is 6.07 Å². The maximum Gasteiger partial charge on any atom is 0.147 e. The van der Waals surface area contributed by atoms with E-state index in [0.717, 1.165) is 16.4 Å². The molecule has 21 heavy (non-hydrogen) atoms. The first-order valence-corrected chi connectivity index (χ1v) is 6.66. The molecule has 3 nitrogen and oxygen atoms in total. The molecule has 2 heterocycles. The number of benzene rings is 2. The average molecular weight is 277 g/mol. The zero-order valence-corrected chi connectivity index (χ0v) is 11.1. The van der Waals surface area contributed by atoms with Gasteiger partial charge >= 0.3 is 0 Å². The molecule has 0 amide bonds. The van der Waals surface area contributed by atoms with E-state index in [2.05, 4.69) is 4.98 Å². The predicted molar refractivity (Wildman–Crippen MR) is 82.5 cm³/mol. The molecule has 102 valence electrons. The van der Waals surface area contributed by atoms with Gasteiger partial charge in [-0.05, 0) is 23.6 Å². The van der Waals surface area contributed by atoms with Crippen molar-refractivity contribution >= 4 is 22.2 Å². The maximum absolute atomic E-state index is 14.0. The van der Waals surface area contributed by atoms with E-state index in [1.54, 1.807) is 22.6 Å². The quantitative estimate of drug-likeness (QED) is 0.574. The fraction of sp³-hybridized carbons (Fsp3) is 0. The molecule has 0 radical (unpaired) electrons. The van der Waals surface area contributed by atoms with Crippen LogP contribution in [-0.4, -0.2) is 9.38 Å². The van der Waals surface area contributed by atoms with Crippen LogP contribution in [0.3, 0.4) is 0 Å². The highest BCUT2D eigenvalue weighted by molar-refractivity contribution is 5.96. The summed E-state index contributed by atoms with van der Waals surface area (Å²) in [4.78, 5) is 4.57. The normalized spacial score (nSPS) is 11.3. The number of aromatic nitrogens is 2. The van der Waals surface area contributed by atoms with Gasteiger partial charge in [0.2, 0.25) is 0 Å². The lowest BCUT2D eigenvalue weighted by Crippen LogP contribution is -1.95. The van der Waals surface area contributed by atoms with Crippen LogP contribution in [0.2, 0.25) is 0 Å². The largest absolute Gasteiger partial charge is 0.383 e. The number of halogens is 1. The van der Waals surface area contributed by atoms with Gasteiger partial charge in [0.15, 0.2) is 0 Å². The second kappa shape index (κ2) is 4.31. The number of nitrogen functional groups attached to an aromatic ring is 1. The van der Waals surface area contributed by atoms with Gasteiger partial charge in [-0.15, -0.1) is 0 Å². The zero-order valence-electron chi connectivity index (χ0n) is 11.1. The monoisotopic (exact) mass is 277 g/mol. The van der Waals surface area contributed by atoms with Gasteiger partial charge in [0, 0.05) is 17.1 Å². The summed E-state index contributed by atoms with van der Waals surface area (Å²) in [5, 5.41) is 2.07. The third kappa shape index (κ3) is 1.69. The second-order valence-electron chi connectivity index (χ2n) is 4.92. The third-order valence-electron chi connectivity index (χ3n) is 3.68. The summed E-state index contributed by atoms with van der Waals surface area (Å²) in [7, 11) is 0. The van der Waals surface area contributed by atoms with E-state index in [4.69, 9.17) is 5.73 Å². The van der Waals surface area contributed by atoms with Gasteiger partial charge in [-0.3, -0.25) is 4.40 Å². The van der Waals surface area contributed by atoms with Crippen LogP contribution < -0.4 is 5.73 Å². The minimum atomic E-state index is -0.322. The molecule has 0 aliphatic carbocycles. The molecule has 0 saturated heterocycles. The number of anilines is 1. The Balaban J connectivity index is 2.11. The fourth-order valence-corrected chi connectivity index (χ4v) is 2.64. The highest BCUT2D eigenvalue weighted by atomic mass is 19.1. The molecule has 4 rings (SSSR count). The highest BCUT2D eigenvalue weighted by Crippen LogP contribution is 2.31. The Morgan fingerprint density at radius 1 is 0.952 bits per heavy atom. The van der Waals surface area contributed by atoms with Gasteiger partial charge < -0.3 is 5.73 Å². The molecule has 0 spiro atoms. The van der Waals surface area contributed by atoms with Crippen LogP contribution in [0.25, 0.3) is 27.7 Å². The number of imidazole rings is 1. The van der Waals surface area contributed by atoms with Crippen molar-refractivity contribution in [1.82, 2.24) is 9.38 Å². The minimum Gasteiger partial charge on any atom is -0.383 e. The first kappa shape index (κ1) is 11.9. The molecule has 4 heteroatoms. The van der Waals surface area contributed by atoms with Crippen LogP contribution in [0.5, 0.6) is 0 Å². The Labute approximate surface area is 120 Å². The van der Waals surface area contributed by atoms with Crippen molar-refractivity contribution in [3.8, 4) is 11.3 Å². The van der Waals surface area contributed by atoms with Gasteiger partial charge in [0.05, 0.1) is 0 Å². The van der Waals surface area contributed by atoms with Crippen molar-refractivity contribution in [2.24, 2.45) is 0 Å². The standard InChI is InChI=1S/C17H12FN3/c18-14-8-4-3-7-13(14)15-16(19)21-10-9-11-5-1-2-6-12(11)17(21)20-15/h1-10H,19H2. The Kier molecular flexibility index (Phi) is 2.44. The number of rotatable bonds is 1. The maximum atomic E-state index is 14.0. The minimum absolute atomic E-state index is 0.322. The summed E-state index contributed by atoms with van der Waals surface area (Å²) < 4.78 is 15.8. The van der Waals surface area contributed by atoms with Crippen LogP contribution >= 0.6 is 0 Å². The molecular weight excluding hydrogens is 265 g/mol. The van der Waals surface area contributed by atoms with Crippen molar-refractivity contribution < 1.29 is 4.39 Å². The third-order valence-corrected chi connectivity index (χ3v) is 3.68. The van der Waals surface area contributed by atoms with E-state index in [-0.39, 0.29) is 5.82 Å². The van der Waals surface area contributed by atoms with Crippen LogP contribution in [0, 0.1) is 5.82 Å². The molecule has 0 bridgehead atoms. The Hall–Kier alpha value is -2.88. The van der Waals surface area contributed by atoms with E-state index >= 15 is 0 Å². The SMILES string of the molecule is Nc1c(-c2ccccc2F)nc2c3ccccc3ccn12. The fourth-order valence-electron chi connectivity index (χ4n) is 2.64. The lowest BCUT2D eigenvalue weighted by molar-refractivity contribution is 0.631. The smallest absolute Gasteiger partial charge is 0.147 e. The molecule has 4 aromatic rings. The summed E-state index contributed by atoms with van der Waals surface area (Å²) in [6, 6.07) is 16.4. The van der Waals surface area contributed by atoms with Gasteiger partial charge in [0.25, 0.3) is 0 Å². The number of hydrogen-bond acceptors (Lipinski definition) is 2. The molecule has 2 aromatic heterocycles. The first-order chi connectivity index (χ1) is 10.3. The topological polar surface area (TPSA) is 43.3 Å². The second-order valence-corrected chi connectivity index (χ2v) is 4.92. The summed E-state index contributed by atoms with van der Waals surface area (Å²) in [5.74, 6) is 0.123. The zero-order chi connectivity index (χ0) is 14.4. The summed E-state index contributed by atoms with van der Waals surface area (Å²) in [5.41, 5.74) is 7.80. The van der Waals surface area contributed by atoms with Gasteiger partial charge in [-0.2, -0.15) is 0 Å². The Bertz CT molecular complexity index is 972. The molecule has 2 N–H and O–H groups in total. The van der Waals surface area contributed by atoms with E-state index in [1.807, 2.05) is 36.5 Å². The Morgan fingerprint density at radius 2 is 1.71 bits per heavy atom. The molecule has 0 unspecified atom stereocenters. The molecule has 0 saturated carbocycles. The number of pyridine rings is 1. The van der Waals surface area contributed by atoms with Crippen molar-refractivity contribution in [2.75, 3.05) is 5.73 Å². The molecular formula is C17H12FN3. The van der Waals surface area contributed by atoms with E-state index < -0.39 is 0 Å². The van der Waals surface area contributed by atoms with Crippen molar-refractivity contribution in [3.63, 3.8) is 0 Å². The van der Waals surface area contributed by atoms with E-state index in [9.17, 15) is 4.39 Å². The number of nitrogens with two attached hydrogens (primary N) is 1. The van der Waals surface area contributed by atoms with Gasteiger partial charge in [-0.1, -0.05) is 36.4 Å². The van der Waals surface area contributed by atoms with Gasteiger partial charge in [0.1, 0.15) is 23.0 Å². The first-order valence-electron chi connectivity index (χ1n) is 6.66. The number of nitrogens with zero attached hydrogens (tertiary/aromatic N) is 2. The van der Waals surface area contributed by atoms with Crippen LogP contribution in [0.4, 0.5) is 10.2 Å². The van der Waals surface area contributed by atoms with Crippen molar-refractivity contribution in [1.29, 1.82) is 0 Å². The average Bonchev–Trinajstić information content (AvgIpc) is 2.85. The van der Waals surface area contributed by atoms with Crippen LogP contribution in [0.1, 0.15) is 0 Å². The van der Waals surface area contributed by atoms with E-state index in [0.29, 0.717) is 17.1 Å². The van der Waals surface area contributed by atoms with Crippen molar-refractivity contribution in [3.05, 3.63) is 66.6 Å². The van der Waals surface area contributed by atoms with Crippen molar-refractivity contribution in [2.45, 2.75) is 0 Å². The number of fused-ring (bicyclic) bond motifs is 3. The lowest BCUT2D eigenvalue weighted by Gasteiger charge is -2.01. The molecule has 2 aromatic carbocycles. The van der Waals surface area contributed by atoms with Crippen LogP contribution in [-0.2, 0) is 0 Å². The van der Waals surface area contributed by atoms with Gasteiger partial charge in [-0.25, -0.2) is 9.37 Å². The summed E-state index contributed by atoms with van der Waals surface area (Å²) in [6.07, 6.45) is 1.87. The van der Waals surface area contributed by atoms with Crippen LogP contribution in [0.15, 0.2) is 60.8 Å². The summed E-state index contributed by atoms with van der Waals surface area (Å²) in [6.45, 7) is 0. The molecule has 0 atom stereocenters. The molecule has 0 aliphatic heterocycles. The summed E-state index contributed by atoms with van der Waals surface area (Å²) >= 11 is 0. The predicted octanol–water partition coefficient (Wildman–Crippen LogP) is 3.88. The lowest BCUT2D eigenvalue weighted by atomic mass is 10.1. The molecule has 0 aliphatic rings. The molecule has 0 fully saturated rings.